The molecule has 1 N–H and O–H groups in total. The average Bonchev–Trinajstić information content (AvgIpc) is 2.56. The highest BCUT2D eigenvalue weighted by Gasteiger charge is 2.47. The zero-order chi connectivity index (χ0) is 19.9. The van der Waals surface area contributed by atoms with Gasteiger partial charge in [-0.25, -0.2) is 4.79 Å². The monoisotopic (exact) mass is 453 g/mol. The Morgan fingerprint density at radius 2 is 2.00 bits per heavy atom. The molecule has 0 radical (unpaired) electrons. The van der Waals surface area contributed by atoms with Crippen LogP contribution in [0.4, 0.5) is 13.2 Å². The molecule has 1 atom stereocenters. The number of carbonyl (C=O) groups is 1. The molecule has 0 aliphatic carbocycles. The first kappa shape index (κ1) is 20.2. The molecule has 0 saturated heterocycles. The summed E-state index contributed by atoms with van der Waals surface area (Å²) < 4.78 is 40.3. The molecular formula is C16H8Cl2F3NO3S2. The maximum atomic E-state index is 13.3. The standard InChI is InChI=1S/C16H8Cl2F3NO3S2/c17-9-2-1-3-22(25)14(9)27-12-6-11-7(5-10(12)18)4-8(15(23)24)13(26-11)16(19,20)21/h1-6,13H,(H,23,24). The maximum Gasteiger partial charge on any atom is 0.405 e. The smallest absolute Gasteiger partial charge is 0.405 e. The summed E-state index contributed by atoms with van der Waals surface area (Å²) in [5.74, 6) is -1.64. The van der Waals surface area contributed by atoms with Crippen molar-refractivity contribution in [1.82, 2.24) is 0 Å². The molecule has 2 heterocycles. The fourth-order valence-corrected chi connectivity index (χ4v) is 4.96. The minimum Gasteiger partial charge on any atom is -0.618 e. The number of halogens is 5. The number of carboxylic acid groups (broad SMARTS) is 1. The van der Waals surface area contributed by atoms with Gasteiger partial charge in [0, 0.05) is 15.9 Å². The Balaban J connectivity index is 2.05. The number of thioether (sulfide) groups is 1. The molecule has 1 aliphatic rings. The summed E-state index contributed by atoms with van der Waals surface area (Å²) in [4.78, 5) is 11.8. The molecular weight excluding hydrogens is 446 g/mol. The van der Waals surface area contributed by atoms with Gasteiger partial charge in [-0.2, -0.15) is 17.9 Å². The number of aromatic nitrogens is 1. The molecule has 4 nitrogen and oxygen atoms in total. The number of fused-ring (bicyclic) bond motifs is 1. The van der Waals surface area contributed by atoms with E-state index in [2.05, 4.69) is 0 Å². The van der Waals surface area contributed by atoms with Gasteiger partial charge in [0.1, 0.15) is 10.3 Å². The quantitative estimate of drug-likeness (QED) is 0.505. The third-order valence-electron chi connectivity index (χ3n) is 3.52. The number of carboxylic acids is 1. The van der Waals surface area contributed by atoms with Gasteiger partial charge >= 0.3 is 12.1 Å². The lowest BCUT2D eigenvalue weighted by molar-refractivity contribution is -0.645. The first-order chi connectivity index (χ1) is 12.6. The van der Waals surface area contributed by atoms with Crippen LogP contribution in [0.25, 0.3) is 6.08 Å². The van der Waals surface area contributed by atoms with Crippen molar-refractivity contribution in [1.29, 1.82) is 0 Å². The van der Waals surface area contributed by atoms with Crippen molar-refractivity contribution in [2.45, 2.75) is 26.2 Å². The fraction of sp³-hybridized carbons (Fsp3) is 0.125. The van der Waals surface area contributed by atoms with Crippen molar-refractivity contribution in [3.63, 3.8) is 0 Å². The number of nitrogens with zero attached hydrogens (tertiary/aromatic N) is 1. The Labute approximate surface area is 169 Å². The van der Waals surface area contributed by atoms with Crippen molar-refractivity contribution in [3.8, 4) is 0 Å². The molecule has 0 bridgehead atoms. The van der Waals surface area contributed by atoms with Crippen molar-refractivity contribution in [3.05, 3.63) is 56.9 Å². The van der Waals surface area contributed by atoms with Crippen LogP contribution < -0.4 is 4.73 Å². The molecule has 3 rings (SSSR count). The Morgan fingerprint density at radius 3 is 2.59 bits per heavy atom. The van der Waals surface area contributed by atoms with E-state index in [0.29, 0.717) is 21.4 Å². The number of aliphatic carboxylic acids is 1. The Hall–Kier alpha value is -1.55. The predicted molar refractivity (Wildman–Crippen MR) is 97.3 cm³/mol. The van der Waals surface area contributed by atoms with Crippen molar-refractivity contribution in [2.75, 3.05) is 0 Å². The lowest BCUT2D eigenvalue weighted by Gasteiger charge is -2.25. The SMILES string of the molecule is O=C(O)C1=Cc2cc(Cl)c(Sc3c(Cl)ccc[n+]3[O-])cc2SC1C(F)(F)F. The lowest BCUT2D eigenvalue weighted by Crippen LogP contribution is -2.32. The summed E-state index contributed by atoms with van der Waals surface area (Å²) in [6, 6.07) is 5.72. The minimum absolute atomic E-state index is 0.121. The average molecular weight is 454 g/mol. The minimum atomic E-state index is -4.74. The van der Waals surface area contributed by atoms with E-state index in [9.17, 15) is 23.2 Å². The van der Waals surface area contributed by atoms with Crippen LogP contribution in [0.2, 0.25) is 10.0 Å². The molecule has 1 aliphatic heterocycles. The summed E-state index contributed by atoms with van der Waals surface area (Å²) in [7, 11) is 0. The normalized spacial score (nSPS) is 16.6. The summed E-state index contributed by atoms with van der Waals surface area (Å²) in [6.45, 7) is 0. The molecule has 0 spiro atoms. The largest absolute Gasteiger partial charge is 0.618 e. The number of alkyl halides is 3. The molecule has 1 unspecified atom stereocenters. The molecule has 1 aromatic carbocycles. The van der Waals surface area contributed by atoms with Gasteiger partial charge in [0.25, 0.3) is 5.03 Å². The van der Waals surface area contributed by atoms with Gasteiger partial charge in [-0.1, -0.05) is 23.2 Å². The van der Waals surface area contributed by atoms with E-state index >= 15 is 0 Å². The van der Waals surface area contributed by atoms with Gasteiger partial charge in [-0.3, -0.25) is 0 Å². The van der Waals surface area contributed by atoms with Crippen LogP contribution >= 0.6 is 46.7 Å². The van der Waals surface area contributed by atoms with Crippen molar-refractivity contribution in [2.24, 2.45) is 0 Å². The first-order valence-corrected chi connectivity index (χ1v) is 9.60. The number of hydrogen-bond acceptors (Lipinski definition) is 4. The van der Waals surface area contributed by atoms with E-state index in [1.54, 1.807) is 0 Å². The van der Waals surface area contributed by atoms with E-state index in [-0.39, 0.29) is 25.5 Å². The third-order valence-corrected chi connectivity index (χ3v) is 6.88. The second-order valence-corrected chi connectivity index (χ2v) is 8.35. The molecule has 1 aromatic heterocycles. The number of pyridine rings is 1. The van der Waals surface area contributed by atoms with E-state index in [1.807, 2.05) is 0 Å². The molecule has 142 valence electrons. The molecule has 0 amide bonds. The van der Waals surface area contributed by atoms with Gasteiger partial charge in [0.05, 0.1) is 10.6 Å². The lowest BCUT2D eigenvalue weighted by atomic mass is 10.1. The second-order valence-electron chi connectivity index (χ2n) is 5.35. The zero-order valence-electron chi connectivity index (χ0n) is 13.0. The predicted octanol–water partition coefficient (Wildman–Crippen LogP) is 5.28. The molecule has 2 aromatic rings. The van der Waals surface area contributed by atoms with E-state index in [0.717, 1.165) is 17.8 Å². The summed E-state index contributed by atoms with van der Waals surface area (Å²) in [5, 5.41) is 19.2. The van der Waals surface area contributed by atoms with Crippen LogP contribution in [0.5, 0.6) is 0 Å². The highest BCUT2D eigenvalue weighted by atomic mass is 35.5. The van der Waals surface area contributed by atoms with Crippen LogP contribution in [0.3, 0.4) is 0 Å². The van der Waals surface area contributed by atoms with E-state index in [1.165, 1.54) is 30.5 Å². The molecule has 0 saturated carbocycles. The van der Waals surface area contributed by atoms with Crippen LogP contribution in [0, 0.1) is 5.21 Å². The molecule has 0 fully saturated rings. The van der Waals surface area contributed by atoms with Gasteiger partial charge in [0.2, 0.25) is 0 Å². The Bertz CT molecular complexity index is 946. The van der Waals surface area contributed by atoms with Crippen LogP contribution in [0.15, 0.2) is 50.9 Å². The van der Waals surface area contributed by atoms with E-state index in [4.69, 9.17) is 28.3 Å². The Kier molecular flexibility index (Phi) is 5.58. The van der Waals surface area contributed by atoms with Gasteiger partial charge < -0.3 is 10.3 Å². The molecule has 27 heavy (non-hydrogen) atoms. The third kappa shape index (κ3) is 4.16. The summed E-state index contributed by atoms with van der Waals surface area (Å²) in [5.41, 5.74) is -0.499. The van der Waals surface area contributed by atoms with Gasteiger partial charge in [0.15, 0.2) is 6.20 Å². The van der Waals surface area contributed by atoms with Crippen LogP contribution in [0.1, 0.15) is 5.56 Å². The topological polar surface area (TPSA) is 64.2 Å². The summed E-state index contributed by atoms with van der Waals surface area (Å²) in [6.07, 6.45) is -2.53. The number of benzene rings is 1. The number of hydrogen-bond donors (Lipinski definition) is 1. The fourth-order valence-electron chi connectivity index (χ4n) is 2.34. The van der Waals surface area contributed by atoms with Gasteiger partial charge in [-0.15, -0.1) is 11.8 Å². The maximum absolute atomic E-state index is 13.3. The Morgan fingerprint density at radius 1 is 1.30 bits per heavy atom. The highest BCUT2D eigenvalue weighted by Crippen LogP contribution is 2.48. The van der Waals surface area contributed by atoms with Gasteiger partial charge in [-0.05, 0) is 41.6 Å². The zero-order valence-corrected chi connectivity index (χ0v) is 16.1. The van der Waals surface area contributed by atoms with Crippen LogP contribution in [-0.4, -0.2) is 22.5 Å². The summed E-state index contributed by atoms with van der Waals surface area (Å²) >= 11 is 13.5. The van der Waals surface area contributed by atoms with Crippen LogP contribution in [-0.2, 0) is 4.79 Å². The van der Waals surface area contributed by atoms with Crippen molar-refractivity contribution >= 4 is 58.8 Å². The first-order valence-electron chi connectivity index (χ1n) is 7.15. The molecule has 11 heteroatoms. The van der Waals surface area contributed by atoms with E-state index < -0.39 is 23.0 Å². The number of rotatable bonds is 3. The second kappa shape index (κ2) is 7.46. The van der Waals surface area contributed by atoms with Crippen molar-refractivity contribution < 1.29 is 27.8 Å². The highest BCUT2D eigenvalue weighted by molar-refractivity contribution is 8.00.